The summed E-state index contributed by atoms with van der Waals surface area (Å²) in [6.45, 7) is 3.30. The van der Waals surface area contributed by atoms with Gasteiger partial charge in [-0.05, 0) is 31.5 Å². The summed E-state index contributed by atoms with van der Waals surface area (Å²) in [5, 5.41) is 0. The summed E-state index contributed by atoms with van der Waals surface area (Å²) in [5.74, 6) is 0.193. The van der Waals surface area contributed by atoms with E-state index in [0.29, 0.717) is 29.2 Å². The van der Waals surface area contributed by atoms with E-state index in [1.54, 1.807) is 25.2 Å². The van der Waals surface area contributed by atoms with Gasteiger partial charge in [-0.2, -0.15) is 4.98 Å². The van der Waals surface area contributed by atoms with Crippen LogP contribution in [0.2, 0.25) is 0 Å². The van der Waals surface area contributed by atoms with Gasteiger partial charge in [0, 0.05) is 31.4 Å². The molecule has 7 nitrogen and oxygen atoms in total. The Morgan fingerprint density at radius 3 is 2.52 bits per heavy atom. The Hall–Kier alpha value is -3.68. The minimum atomic E-state index is -0.516. The highest BCUT2D eigenvalue weighted by Crippen LogP contribution is 2.31. The first kappa shape index (κ1) is 19.3. The molecule has 0 aliphatic carbocycles. The third-order valence-corrected chi connectivity index (χ3v) is 5.85. The maximum absolute atomic E-state index is 14.2. The zero-order chi connectivity index (χ0) is 21.7. The second kappa shape index (κ2) is 7.23. The van der Waals surface area contributed by atoms with Gasteiger partial charge in [-0.1, -0.05) is 35.9 Å². The van der Waals surface area contributed by atoms with E-state index in [0.717, 1.165) is 28.8 Å². The van der Waals surface area contributed by atoms with E-state index in [9.17, 15) is 14.0 Å². The monoisotopic (exact) mass is 419 g/mol. The zero-order valence-corrected chi connectivity index (χ0v) is 17.4. The Balaban J connectivity index is 1.71. The number of imidazole rings is 1. The minimum Gasteiger partial charge on any atom is -0.312 e. The first-order valence-corrected chi connectivity index (χ1v) is 10.2. The van der Waals surface area contributed by atoms with Crippen molar-refractivity contribution in [3.05, 3.63) is 86.3 Å². The number of fused-ring (bicyclic) bond motifs is 3. The van der Waals surface area contributed by atoms with E-state index in [1.807, 2.05) is 35.8 Å². The smallest absolute Gasteiger partial charge is 0.312 e. The largest absolute Gasteiger partial charge is 0.332 e. The van der Waals surface area contributed by atoms with Crippen LogP contribution in [0.3, 0.4) is 0 Å². The van der Waals surface area contributed by atoms with Crippen LogP contribution in [0.25, 0.3) is 11.2 Å². The molecule has 0 bridgehead atoms. The highest BCUT2D eigenvalue weighted by molar-refractivity contribution is 5.77. The summed E-state index contributed by atoms with van der Waals surface area (Å²) in [6.07, 6.45) is 0.835. The maximum atomic E-state index is 14.2. The molecule has 158 valence electrons. The molecular weight excluding hydrogens is 397 g/mol. The molecule has 0 fully saturated rings. The van der Waals surface area contributed by atoms with Crippen LogP contribution in [0.15, 0.2) is 58.1 Å². The summed E-state index contributed by atoms with van der Waals surface area (Å²) >= 11 is 0. The third-order valence-electron chi connectivity index (χ3n) is 5.85. The molecule has 0 radical (unpaired) electrons. The lowest BCUT2D eigenvalue weighted by molar-refractivity contribution is 0.578. The molecule has 8 heteroatoms. The molecule has 5 rings (SSSR count). The second-order valence-electron chi connectivity index (χ2n) is 7.90. The molecule has 1 aliphatic heterocycles. The molecule has 0 saturated heterocycles. The first-order chi connectivity index (χ1) is 15.0. The van der Waals surface area contributed by atoms with Crippen molar-refractivity contribution >= 4 is 22.8 Å². The van der Waals surface area contributed by atoms with Gasteiger partial charge in [0.2, 0.25) is 5.95 Å². The van der Waals surface area contributed by atoms with Crippen molar-refractivity contribution in [1.82, 2.24) is 18.7 Å². The van der Waals surface area contributed by atoms with Crippen LogP contribution in [0.5, 0.6) is 0 Å². The number of hydrogen-bond acceptors (Lipinski definition) is 4. The number of nitrogens with zero attached hydrogens (tertiary/aromatic N) is 5. The van der Waals surface area contributed by atoms with Gasteiger partial charge in [0.05, 0.1) is 6.54 Å². The molecular formula is C23H22FN5O2. The topological polar surface area (TPSA) is 65.1 Å². The van der Waals surface area contributed by atoms with Crippen LogP contribution >= 0.6 is 0 Å². The fraction of sp³-hybridized carbons (Fsp3) is 0.261. The van der Waals surface area contributed by atoms with Crippen molar-refractivity contribution in [3.63, 3.8) is 0 Å². The maximum Gasteiger partial charge on any atom is 0.332 e. The van der Waals surface area contributed by atoms with Gasteiger partial charge in [0.1, 0.15) is 5.82 Å². The van der Waals surface area contributed by atoms with Crippen LogP contribution in [-0.2, 0) is 20.1 Å². The van der Waals surface area contributed by atoms with Crippen molar-refractivity contribution in [2.45, 2.75) is 26.4 Å². The third kappa shape index (κ3) is 3.06. The van der Waals surface area contributed by atoms with E-state index in [4.69, 9.17) is 0 Å². The number of hydrogen-bond donors (Lipinski definition) is 0. The molecule has 3 heterocycles. The fourth-order valence-corrected chi connectivity index (χ4v) is 4.17. The molecule has 2 aromatic heterocycles. The molecule has 0 unspecified atom stereocenters. The fourth-order valence-electron chi connectivity index (χ4n) is 4.17. The summed E-state index contributed by atoms with van der Waals surface area (Å²) in [5.41, 5.74) is 2.18. The Bertz CT molecular complexity index is 1420. The highest BCUT2D eigenvalue weighted by Gasteiger charge is 2.27. The second-order valence-corrected chi connectivity index (χ2v) is 7.90. The number of aryl methyl sites for hydroxylation is 3. The van der Waals surface area contributed by atoms with Crippen molar-refractivity contribution in [3.8, 4) is 0 Å². The summed E-state index contributed by atoms with van der Waals surface area (Å²) in [6, 6.07) is 14.3. The Morgan fingerprint density at radius 2 is 1.77 bits per heavy atom. The van der Waals surface area contributed by atoms with Gasteiger partial charge >= 0.3 is 5.69 Å². The summed E-state index contributed by atoms with van der Waals surface area (Å²) in [7, 11) is 1.59. The van der Waals surface area contributed by atoms with E-state index in [1.165, 1.54) is 10.6 Å². The molecule has 0 amide bonds. The lowest BCUT2D eigenvalue weighted by atomic mass is 10.2. The van der Waals surface area contributed by atoms with E-state index < -0.39 is 17.1 Å². The lowest BCUT2D eigenvalue weighted by Crippen LogP contribution is -2.40. The van der Waals surface area contributed by atoms with Crippen LogP contribution in [-0.4, -0.2) is 25.2 Å². The molecule has 2 aromatic carbocycles. The van der Waals surface area contributed by atoms with Gasteiger partial charge in [-0.3, -0.25) is 13.9 Å². The number of rotatable bonds is 3. The number of anilines is 2. The molecule has 0 saturated carbocycles. The van der Waals surface area contributed by atoms with Crippen LogP contribution in [0.1, 0.15) is 17.5 Å². The van der Waals surface area contributed by atoms with Crippen LogP contribution < -0.4 is 16.1 Å². The van der Waals surface area contributed by atoms with E-state index >= 15 is 0 Å². The molecule has 4 aromatic rings. The SMILES string of the molecule is Cc1ccc(N2CCCn3c2nc2c3c(=O)n(Cc3ccccc3F)c(=O)n2C)cc1. The van der Waals surface area contributed by atoms with Gasteiger partial charge in [-0.25, -0.2) is 9.18 Å². The standard InChI is InChI=1S/C23H22FN5O2/c1-15-8-10-17(11-9-15)27-12-5-13-28-19-20(25-22(27)28)26(2)23(31)29(21(19)30)14-16-6-3-4-7-18(16)24/h3-4,6-11H,5,12-14H2,1-2H3. The van der Waals surface area contributed by atoms with Crippen molar-refractivity contribution in [1.29, 1.82) is 0 Å². The Morgan fingerprint density at radius 1 is 1.03 bits per heavy atom. The van der Waals surface area contributed by atoms with Crippen LogP contribution in [0.4, 0.5) is 16.0 Å². The quantitative estimate of drug-likeness (QED) is 0.512. The molecule has 1 aliphatic rings. The van der Waals surface area contributed by atoms with Crippen molar-refractivity contribution in [2.24, 2.45) is 7.05 Å². The average Bonchev–Trinajstić information content (AvgIpc) is 3.17. The molecule has 0 spiro atoms. The number of benzene rings is 2. The molecule has 31 heavy (non-hydrogen) atoms. The van der Waals surface area contributed by atoms with E-state index in [-0.39, 0.29) is 6.54 Å². The number of aromatic nitrogens is 4. The average molecular weight is 419 g/mol. The highest BCUT2D eigenvalue weighted by atomic mass is 19.1. The van der Waals surface area contributed by atoms with Gasteiger partial charge in [0.25, 0.3) is 5.56 Å². The summed E-state index contributed by atoms with van der Waals surface area (Å²) in [4.78, 5) is 33.1. The molecule has 0 N–H and O–H groups in total. The predicted molar refractivity (Wildman–Crippen MR) is 118 cm³/mol. The minimum absolute atomic E-state index is 0.129. The predicted octanol–water partition coefficient (Wildman–Crippen LogP) is 2.93. The normalized spacial score (nSPS) is 13.6. The summed E-state index contributed by atoms with van der Waals surface area (Å²) < 4.78 is 18.5. The van der Waals surface area contributed by atoms with Gasteiger partial charge in [-0.15, -0.1) is 0 Å². The zero-order valence-electron chi connectivity index (χ0n) is 17.4. The molecule has 0 atom stereocenters. The van der Waals surface area contributed by atoms with Gasteiger partial charge in [0.15, 0.2) is 11.2 Å². The van der Waals surface area contributed by atoms with Gasteiger partial charge < -0.3 is 9.47 Å². The number of halogens is 1. The first-order valence-electron chi connectivity index (χ1n) is 10.2. The van der Waals surface area contributed by atoms with Crippen LogP contribution in [0, 0.1) is 12.7 Å². The van der Waals surface area contributed by atoms with Crippen molar-refractivity contribution in [2.75, 3.05) is 11.4 Å². The van der Waals surface area contributed by atoms with Crippen molar-refractivity contribution < 1.29 is 4.39 Å². The Labute approximate surface area is 177 Å². The Kier molecular flexibility index (Phi) is 4.50. The lowest BCUT2D eigenvalue weighted by Gasteiger charge is -2.29. The van der Waals surface area contributed by atoms with E-state index in [2.05, 4.69) is 9.88 Å².